The molecule has 0 spiro atoms. The van der Waals surface area contributed by atoms with Gasteiger partial charge in [0.2, 0.25) is 5.82 Å². The first-order valence-electron chi connectivity index (χ1n) is 11.6. The van der Waals surface area contributed by atoms with Crippen molar-refractivity contribution in [3.8, 4) is 11.4 Å². The van der Waals surface area contributed by atoms with Gasteiger partial charge in [-0.2, -0.15) is 17.9 Å². The van der Waals surface area contributed by atoms with Gasteiger partial charge in [-0.05, 0) is 44.9 Å². The van der Waals surface area contributed by atoms with E-state index in [1.165, 1.54) is 6.92 Å². The molecule has 2 N–H and O–H groups in total. The van der Waals surface area contributed by atoms with E-state index in [1.807, 2.05) is 5.32 Å². The number of hydrogen-bond acceptors (Lipinski definition) is 5. The van der Waals surface area contributed by atoms with E-state index in [1.54, 1.807) is 0 Å². The molecule has 0 radical (unpaired) electrons. The molecule has 1 aliphatic carbocycles. The van der Waals surface area contributed by atoms with Crippen LogP contribution in [0, 0.1) is 17.5 Å². The van der Waals surface area contributed by atoms with Crippen LogP contribution in [0.5, 0.6) is 5.75 Å². The Kier molecular flexibility index (Phi) is 7.44. The molecule has 9 nitrogen and oxygen atoms in total. The first kappa shape index (κ1) is 27.7. The third-order valence-corrected chi connectivity index (χ3v) is 5.78. The minimum absolute atomic E-state index is 0.0446. The average molecular weight is 557 g/mol. The third-order valence-electron chi connectivity index (χ3n) is 5.78. The Balaban J connectivity index is 1.81. The summed E-state index contributed by atoms with van der Waals surface area (Å²) in [7, 11) is 0. The van der Waals surface area contributed by atoms with E-state index in [4.69, 9.17) is 4.74 Å². The maximum Gasteiger partial charge on any atom is 0.425 e. The summed E-state index contributed by atoms with van der Waals surface area (Å²) in [5, 5.41) is 8.34. The van der Waals surface area contributed by atoms with E-state index in [2.05, 4.69) is 10.4 Å². The Labute approximate surface area is 216 Å². The number of carbonyl (C=O) groups is 2. The lowest BCUT2D eigenvalue weighted by molar-refractivity contribution is -0.189. The summed E-state index contributed by atoms with van der Waals surface area (Å²) in [6.07, 6.45) is -5.97. The van der Waals surface area contributed by atoms with Gasteiger partial charge in [-0.1, -0.05) is 6.07 Å². The number of aromatic nitrogens is 3. The summed E-state index contributed by atoms with van der Waals surface area (Å²) < 4.78 is 89.4. The van der Waals surface area contributed by atoms with Crippen molar-refractivity contribution >= 4 is 17.5 Å². The number of alkyl halides is 3. The molecular formula is C24H21F6N5O4. The molecule has 0 bridgehead atoms. The highest BCUT2D eigenvalue weighted by molar-refractivity contribution is 6.06. The zero-order valence-corrected chi connectivity index (χ0v) is 20.4. The van der Waals surface area contributed by atoms with Crippen LogP contribution in [-0.2, 0) is 6.54 Å². The molecule has 1 heterocycles. The SMILES string of the molecule is CCn1c(C(=O)NC2CC2)nn(-c2cc(OC(C)C(F)(F)F)c(C(=O)Nc3c(F)cccc3F)cc2F)c1=O. The monoisotopic (exact) mass is 557 g/mol. The number of rotatable bonds is 8. The number of hydrogen-bond donors (Lipinski definition) is 2. The molecule has 1 aliphatic rings. The molecule has 0 saturated heterocycles. The molecule has 1 aromatic heterocycles. The lowest BCUT2D eigenvalue weighted by Gasteiger charge is -2.20. The molecule has 1 unspecified atom stereocenters. The van der Waals surface area contributed by atoms with Crippen molar-refractivity contribution < 1.29 is 40.7 Å². The van der Waals surface area contributed by atoms with Crippen LogP contribution < -0.4 is 21.1 Å². The Morgan fingerprint density at radius 3 is 2.31 bits per heavy atom. The van der Waals surface area contributed by atoms with Crippen LogP contribution in [0.15, 0.2) is 35.1 Å². The van der Waals surface area contributed by atoms with Crippen LogP contribution in [0.1, 0.15) is 47.7 Å². The number of nitrogens with one attached hydrogen (secondary N) is 2. The number of anilines is 1. The molecule has 2 amide bonds. The molecule has 2 aromatic carbocycles. The van der Waals surface area contributed by atoms with Crippen molar-refractivity contribution in [2.24, 2.45) is 0 Å². The van der Waals surface area contributed by atoms with Gasteiger partial charge in [0, 0.05) is 18.7 Å². The average Bonchev–Trinajstić information content (AvgIpc) is 3.61. The Hall–Kier alpha value is -4.30. The fraction of sp³-hybridized carbons (Fsp3) is 0.333. The first-order chi connectivity index (χ1) is 18.3. The highest BCUT2D eigenvalue weighted by Crippen LogP contribution is 2.31. The molecule has 0 aliphatic heterocycles. The molecule has 1 saturated carbocycles. The van der Waals surface area contributed by atoms with Gasteiger partial charge in [-0.3, -0.25) is 14.2 Å². The second-order valence-electron chi connectivity index (χ2n) is 8.66. The largest absolute Gasteiger partial charge is 0.480 e. The topological polar surface area (TPSA) is 107 Å². The van der Waals surface area contributed by atoms with Crippen LogP contribution in [0.3, 0.4) is 0 Å². The standard InChI is InChI=1S/C24H21F6N5O4/c1-3-34-20(22(37)31-12-7-8-12)33-35(23(34)38)17-10-18(39-11(2)24(28,29)30)13(9-16(17)27)21(36)32-19-14(25)5-4-6-15(19)26/h4-6,9-12H,3,7-8H2,1-2H3,(H,31,37)(H,32,36). The molecular weight excluding hydrogens is 536 g/mol. The van der Waals surface area contributed by atoms with E-state index in [0.29, 0.717) is 23.7 Å². The summed E-state index contributed by atoms with van der Waals surface area (Å²) in [5.41, 5.74) is -3.50. The zero-order chi connectivity index (χ0) is 28.6. The van der Waals surface area contributed by atoms with Crippen LogP contribution >= 0.6 is 0 Å². The number of amides is 2. The molecule has 3 aromatic rings. The van der Waals surface area contributed by atoms with Crippen molar-refractivity contribution in [1.29, 1.82) is 0 Å². The van der Waals surface area contributed by atoms with Crippen LogP contribution in [0.2, 0.25) is 0 Å². The molecule has 1 fully saturated rings. The maximum absolute atomic E-state index is 15.3. The third kappa shape index (κ3) is 5.76. The van der Waals surface area contributed by atoms with Crippen molar-refractivity contribution in [1.82, 2.24) is 19.7 Å². The first-order valence-corrected chi connectivity index (χ1v) is 11.6. The van der Waals surface area contributed by atoms with Crippen LogP contribution in [-0.4, -0.2) is 44.5 Å². The van der Waals surface area contributed by atoms with E-state index < -0.39 is 69.9 Å². The molecule has 15 heteroatoms. The quantitative estimate of drug-likeness (QED) is 0.408. The van der Waals surface area contributed by atoms with Crippen LogP contribution in [0.25, 0.3) is 5.69 Å². The highest BCUT2D eigenvalue weighted by atomic mass is 19.4. The Bertz CT molecular complexity index is 1480. The van der Waals surface area contributed by atoms with E-state index in [9.17, 15) is 36.3 Å². The van der Waals surface area contributed by atoms with Gasteiger partial charge < -0.3 is 15.4 Å². The van der Waals surface area contributed by atoms with Crippen molar-refractivity contribution in [2.75, 3.05) is 5.32 Å². The van der Waals surface area contributed by atoms with Crippen LogP contribution in [0.4, 0.5) is 32.0 Å². The summed E-state index contributed by atoms with van der Waals surface area (Å²) in [4.78, 5) is 38.3. The number of nitrogens with zero attached hydrogens (tertiary/aromatic N) is 3. The summed E-state index contributed by atoms with van der Waals surface area (Å²) >= 11 is 0. The van der Waals surface area contributed by atoms with Crippen molar-refractivity contribution in [3.05, 3.63) is 69.7 Å². The van der Waals surface area contributed by atoms with E-state index in [-0.39, 0.29) is 18.4 Å². The number of carbonyl (C=O) groups excluding carboxylic acids is 2. The van der Waals surface area contributed by atoms with Gasteiger partial charge >= 0.3 is 11.9 Å². The lowest BCUT2D eigenvalue weighted by atomic mass is 10.1. The number of para-hydroxylation sites is 1. The normalized spacial score (nSPS) is 14.2. The maximum atomic E-state index is 15.3. The second-order valence-corrected chi connectivity index (χ2v) is 8.66. The second kappa shape index (κ2) is 10.5. The number of benzene rings is 2. The van der Waals surface area contributed by atoms with Gasteiger partial charge in [0.1, 0.15) is 34.6 Å². The van der Waals surface area contributed by atoms with Gasteiger partial charge in [0.05, 0.1) is 5.56 Å². The smallest absolute Gasteiger partial charge is 0.425 e. The Morgan fingerprint density at radius 2 is 1.74 bits per heavy atom. The minimum Gasteiger partial charge on any atom is -0.480 e. The van der Waals surface area contributed by atoms with Gasteiger partial charge in [-0.15, -0.1) is 5.10 Å². The summed E-state index contributed by atoms with van der Waals surface area (Å²) in [6, 6.07) is 3.60. The van der Waals surface area contributed by atoms with Crippen molar-refractivity contribution in [3.63, 3.8) is 0 Å². The molecule has 4 rings (SSSR count). The van der Waals surface area contributed by atoms with Gasteiger partial charge in [0.15, 0.2) is 6.10 Å². The fourth-order valence-corrected chi connectivity index (χ4v) is 3.52. The predicted molar refractivity (Wildman–Crippen MR) is 124 cm³/mol. The fourth-order valence-electron chi connectivity index (χ4n) is 3.52. The minimum atomic E-state index is -4.92. The highest BCUT2D eigenvalue weighted by Gasteiger charge is 2.39. The van der Waals surface area contributed by atoms with Gasteiger partial charge in [0.25, 0.3) is 11.8 Å². The predicted octanol–water partition coefficient (Wildman–Crippen LogP) is 3.95. The number of halogens is 6. The zero-order valence-electron chi connectivity index (χ0n) is 20.4. The van der Waals surface area contributed by atoms with E-state index >= 15 is 4.39 Å². The summed E-state index contributed by atoms with van der Waals surface area (Å²) in [6.45, 7) is 2.09. The summed E-state index contributed by atoms with van der Waals surface area (Å²) in [5.74, 6) is -7.05. The number of ether oxygens (including phenoxy) is 1. The molecule has 39 heavy (non-hydrogen) atoms. The van der Waals surface area contributed by atoms with E-state index in [0.717, 1.165) is 35.6 Å². The van der Waals surface area contributed by atoms with Gasteiger partial charge in [-0.25, -0.2) is 18.0 Å². The molecule has 1 atom stereocenters. The molecule has 208 valence electrons. The van der Waals surface area contributed by atoms with Crippen molar-refractivity contribution in [2.45, 2.75) is 51.6 Å². The lowest BCUT2D eigenvalue weighted by Crippen LogP contribution is -2.32. The Morgan fingerprint density at radius 1 is 1.10 bits per heavy atom.